The van der Waals surface area contributed by atoms with Crippen LogP contribution in [0.2, 0.25) is 0 Å². The molecule has 9 heavy (non-hydrogen) atoms. The van der Waals surface area contributed by atoms with Crippen molar-refractivity contribution < 1.29 is 0 Å². The molecule has 0 rings (SSSR count). The van der Waals surface area contributed by atoms with Crippen molar-refractivity contribution >= 4 is 11.6 Å². The normalized spacial score (nSPS) is 6.00. The van der Waals surface area contributed by atoms with Crippen molar-refractivity contribution in [1.82, 2.24) is 0 Å². The molecule has 46 valence electrons. The molecule has 0 fully saturated rings. The maximum atomic E-state index is 5.25. The van der Waals surface area contributed by atoms with Crippen molar-refractivity contribution in [1.29, 1.82) is 0 Å². The Balaban J connectivity index is 3.76. The van der Waals surface area contributed by atoms with Crippen LogP contribution in [0.5, 0.6) is 0 Å². The molecule has 0 unspecified atom stereocenters. The summed E-state index contributed by atoms with van der Waals surface area (Å²) in [7, 11) is 0. The Hall–Kier alpha value is -0.850. The zero-order valence-electron chi connectivity index (χ0n) is 5.29. The largest absolute Gasteiger partial charge is 0.113 e. The van der Waals surface area contributed by atoms with E-state index < -0.39 is 0 Å². The second kappa shape index (κ2) is 5.29. The van der Waals surface area contributed by atoms with Gasteiger partial charge in [-0.05, 0) is 24.3 Å². The number of allylic oxidation sites excluding steroid dienone is 1. The van der Waals surface area contributed by atoms with E-state index in [2.05, 4.69) is 30.3 Å². The van der Waals surface area contributed by atoms with Gasteiger partial charge in [-0.25, -0.2) is 0 Å². The van der Waals surface area contributed by atoms with E-state index in [4.69, 9.17) is 11.6 Å². The number of halogens is 1. The lowest BCUT2D eigenvalue weighted by molar-refractivity contribution is 1.63. The lowest BCUT2D eigenvalue weighted by Crippen LogP contribution is -1.61. The average molecular weight is 139 g/mol. The van der Waals surface area contributed by atoms with Crippen LogP contribution >= 0.6 is 11.6 Å². The van der Waals surface area contributed by atoms with E-state index >= 15 is 0 Å². The minimum atomic E-state index is 0.338. The van der Waals surface area contributed by atoms with Crippen LogP contribution in [0.15, 0.2) is 12.2 Å². The molecule has 0 aromatic heterocycles. The minimum absolute atomic E-state index is 0.338. The topological polar surface area (TPSA) is 0 Å². The smallest absolute Gasteiger partial charge is 0.0845 e. The first-order valence-electron chi connectivity index (χ1n) is 2.47. The maximum Gasteiger partial charge on any atom is 0.0845 e. The molecule has 0 saturated carbocycles. The van der Waals surface area contributed by atoms with Crippen molar-refractivity contribution in [2.24, 2.45) is 0 Å². The van der Waals surface area contributed by atoms with Crippen LogP contribution < -0.4 is 0 Å². The van der Waals surface area contributed by atoms with Gasteiger partial charge in [0.2, 0.25) is 0 Å². The Kier molecular flexibility index (Phi) is 4.79. The van der Waals surface area contributed by atoms with Gasteiger partial charge in [0, 0.05) is 0 Å². The van der Waals surface area contributed by atoms with E-state index in [-0.39, 0.29) is 0 Å². The third-order valence-electron chi connectivity index (χ3n) is 0.494. The second-order valence-electron chi connectivity index (χ2n) is 1.47. The van der Waals surface area contributed by atoms with E-state index in [0.29, 0.717) is 5.88 Å². The molecule has 0 nitrogen and oxygen atoms in total. The van der Waals surface area contributed by atoms with Gasteiger partial charge in [0.05, 0.1) is 5.88 Å². The lowest BCUT2D eigenvalue weighted by atomic mass is 10.3. The van der Waals surface area contributed by atoms with Crippen molar-refractivity contribution in [2.75, 3.05) is 5.88 Å². The van der Waals surface area contributed by atoms with Crippen LogP contribution in [0, 0.1) is 23.7 Å². The summed E-state index contributed by atoms with van der Waals surface area (Å²) >= 11 is 5.25. The van der Waals surface area contributed by atoms with Crippen LogP contribution in [0.1, 0.15) is 6.92 Å². The fraction of sp³-hybridized carbons (Fsp3) is 0.250. The summed E-state index contributed by atoms with van der Waals surface area (Å²) in [5.41, 5.74) is 0.818. The Morgan fingerprint density at radius 2 is 2.22 bits per heavy atom. The predicted octanol–water partition coefficient (Wildman–Crippen LogP) is 1.81. The molecule has 1 heteroatoms. The fourth-order valence-electron chi connectivity index (χ4n) is 0.216. The standard InChI is InChI=1S/C8H7Cl/c1-8(2)6-4-3-5-7-9/h1,7H2,2H3. The zero-order valence-corrected chi connectivity index (χ0v) is 6.05. The van der Waals surface area contributed by atoms with Gasteiger partial charge in [-0.15, -0.1) is 11.6 Å². The molecule has 0 spiro atoms. The van der Waals surface area contributed by atoms with Gasteiger partial charge in [-0.3, -0.25) is 0 Å². The molecule has 0 saturated heterocycles. The van der Waals surface area contributed by atoms with E-state index in [1.807, 2.05) is 6.92 Å². The first-order chi connectivity index (χ1) is 4.27. The molecule has 0 aliphatic rings. The van der Waals surface area contributed by atoms with Gasteiger partial charge in [0.25, 0.3) is 0 Å². The van der Waals surface area contributed by atoms with E-state index in [1.54, 1.807) is 0 Å². The molecule has 0 aliphatic heterocycles. The minimum Gasteiger partial charge on any atom is -0.113 e. The summed E-state index contributed by atoms with van der Waals surface area (Å²) in [6, 6.07) is 0. The second-order valence-corrected chi connectivity index (χ2v) is 1.73. The van der Waals surface area contributed by atoms with Gasteiger partial charge < -0.3 is 0 Å². The number of hydrogen-bond donors (Lipinski definition) is 0. The highest BCUT2D eigenvalue weighted by atomic mass is 35.5. The summed E-state index contributed by atoms with van der Waals surface area (Å²) < 4.78 is 0. The monoisotopic (exact) mass is 138 g/mol. The quantitative estimate of drug-likeness (QED) is 0.354. The summed E-state index contributed by atoms with van der Waals surface area (Å²) in [6.45, 7) is 5.41. The van der Waals surface area contributed by atoms with Gasteiger partial charge in [-0.1, -0.05) is 18.4 Å². The highest BCUT2D eigenvalue weighted by Gasteiger charge is 1.65. The van der Waals surface area contributed by atoms with Crippen molar-refractivity contribution in [3.63, 3.8) is 0 Å². The van der Waals surface area contributed by atoms with Crippen LogP contribution in [-0.4, -0.2) is 5.88 Å². The highest BCUT2D eigenvalue weighted by Crippen LogP contribution is 1.77. The Labute approximate surface area is 60.9 Å². The third-order valence-corrected chi connectivity index (χ3v) is 0.627. The molecular formula is C8H7Cl. The molecule has 0 amide bonds. The molecule has 0 aromatic rings. The first kappa shape index (κ1) is 8.15. The van der Waals surface area contributed by atoms with Gasteiger partial charge in [-0.2, -0.15) is 0 Å². The van der Waals surface area contributed by atoms with Crippen LogP contribution in [0.3, 0.4) is 0 Å². The number of rotatable bonds is 0. The molecule has 0 aliphatic carbocycles. The van der Waals surface area contributed by atoms with E-state index in [1.165, 1.54) is 0 Å². The summed E-state index contributed by atoms with van der Waals surface area (Å²) in [6.07, 6.45) is 0. The van der Waals surface area contributed by atoms with E-state index in [0.717, 1.165) is 5.57 Å². The average Bonchev–Trinajstić information content (AvgIpc) is 1.80. The van der Waals surface area contributed by atoms with E-state index in [9.17, 15) is 0 Å². The number of hydrogen-bond acceptors (Lipinski definition) is 0. The summed E-state index contributed by atoms with van der Waals surface area (Å²) in [4.78, 5) is 0. The first-order valence-corrected chi connectivity index (χ1v) is 3.01. The van der Waals surface area contributed by atoms with Crippen molar-refractivity contribution in [3.05, 3.63) is 12.2 Å². The summed E-state index contributed by atoms with van der Waals surface area (Å²) in [5.74, 6) is 10.8. The van der Waals surface area contributed by atoms with Gasteiger partial charge in [0.1, 0.15) is 0 Å². The maximum absolute atomic E-state index is 5.25. The van der Waals surface area contributed by atoms with Gasteiger partial charge >= 0.3 is 0 Å². The fourth-order valence-corrected chi connectivity index (χ4v) is 0.282. The zero-order chi connectivity index (χ0) is 7.11. The van der Waals surface area contributed by atoms with Crippen molar-refractivity contribution in [3.8, 4) is 23.7 Å². The Morgan fingerprint density at radius 3 is 2.67 bits per heavy atom. The van der Waals surface area contributed by atoms with Crippen LogP contribution in [-0.2, 0) is 0 Å². The molecule has 0 N–H and O–H groups in total. The molecular weight excluding hydrogens is 132 g/mol. The molecule has 0 radical (unpaired) electrons. The third kappa shape index (κ3) is 7.15. The molecule has 0 bridgehead atoms. The lowest BCUT2D eigenvalue weighted by Gasteiger charge is -1.70. The molecule has 0 aromatic carbocycles. The van der Waals surface area contributed by atoms with Crippen LogP contribution in [0.4, 0.5) is 0 Å². The Morgan fingerprint density at radius 1 is 1.56 bits per heavy atom. The SMILES string of the molecule is C=C(C)C#CC#CCCl. The predicted molar refractivity (Wildman–Crippen MR) is 41.1 cm³/mol. The molecule has 0 atom stereocenters. The summed E-state index contributed by atoms with van der Waals surface area (Å²) in [5, 5.41) is 0. The Bertz CT molecular complexity index is 204. The van der Waals surface area contributed by atoms with Gasteiger partial charge in [0.15, 0.2) is 0 Å². The van der Waals surface area contributed by atoms with Crippen molar-refractivity contribution in [2.45, 2.75) is 6.92 Å². The number of alkyl halides is 1. The molecule has 0 heterocycles. The highest BCUT2D eigenvalue weighted by molar-refractivity contribution is 6.19. The van der Waals surface area contributed by atoms with Crippen LogP contribution in [0.25, 0.3) is 0 Å².